The summed E-state index contributed by atoms with van der Waals surface area (Å²) in [7, 11) is 0. The lowest BCUT2D eigenvalue weighted by atomic mass is 10.1. The minimum atomic E-state index is -2.87. The second kappa shape index (κ2) is 5.72. The summed E-state index contributed by atoms with van der Waals surface area (Å²) >= 11 is 4.08. The molecule has 0 aliphatic rings. The molecule has 0 saturated heterocycles. The molecule has 0 aliphatic carbocycles. The molecular formula is C10H11BrF2O2S. The standard InChI is InChI=1S/C10H11BrF2O2S/c11-7-4-6-16-9(7)10(12,13)5-2-1-3-8(14)15/h4,6H,1-3,5H2,(H,14,15). The molecule has 0 aromatic carbocycles. The smallest absolute Gasteiger partial charge is 0.303 e. The average molecular weight is 313 g/mol. The van der Waals surface area contributed by atoms with Gasteiger partial charge in [0, 0.05) is 17.3 Å². The van der Waals surface area contributed by atoms with Crippen LogP contribution >= 0.6 is 27.3 Å². The van der Waals surface area contributed by atoms with Crippen LogP contribution < -0.4 is 0 Å². The van der Waals surface area contributed by atoms with E-state index in [1.54, 1.807) is 11.4 Å². The predicted octanol–water partition coefficient (Wildman–Crippen LogP) is 4.25. The highest BCUT2D eigenvalue weighted by molar-refractivity contribution is 9.10. The van der Waals surface area contributed by atoms with Crippen molar-refractivity contribution in [2.45, 2.75) is 31.6 Å². The third-order valence-corrected chi connectivity index (χ3v) is 4.03. The van der Waals surface area contributed by atoms with Crippen molar-refractivity contribution in [3.63, 3.8) is 0 Å². The van der Waals surface area contributed by atoms with Crippen LogP contribution in [-0.4, -0.2) is 11.1 Å². The molecule has 16 heavy (non-hydrogen) atoms. The summed E-state index contributed by atoms with van der Waals surface area (Å²) in [6.45, 7) is 0. The van der Waals surface area contributed by atoms with Crippen LogP contribution in [0, 0.1) is 0 Å². The second-order valence-electron chi connectivity index (χ2n) is 3.40. The molecule has 0 aliphatic heterocycles. The summed E-state index contributed by atoms with van der Waals surface area (Å²) in [6, 6.07) is 1.59. The van der Waals surface area contributed by atoms with Crippen LogP contribution in [0.3, 0.4) is 0 Å². The molecule has 0 amide bonds. The van der Waals surface area contributed by atoms with E-state index < -0.39 is 11.9 Å². The molecule has 1 aromatic rings. The van der Waals surface area contributed by atoms with Crippen molar-refractivity contribution in [2.24, 2.45) is 0 Å². The third kappa shape index (κ3) is 3.83. The van der Waals surface area contributed by atoms with Gasteiger partial charge in [-0.15, -0.1) is 11.3 Å². The Morgan fingerprint density at radius 1 is 1.50 bits per heavy atom. The van der Waals surface area contributed by atoms with E-state index >= 15 is 0 Å². The van der Waals surface area contributed by atoms with Gasteiger partial charge in [-0.05, 0) is 40.2 Å². The van der Waals surface area contributed by atoms with Crippen LogP contribution in [-0.2, 0) is 10.7 Å². The monoisotopic (exact) mass is 312 g/mol. The summed E-state index contributed by atoms with van der Waals surface area (Å²) in [5.41, 5.74) is 0. The number of unbranched alkanes of at least 4 members (excludes halogenated alkanes) is 1. The van der Waals surface area contributed by atoms with Crippen LogP contribution in [0.5, 0.6) is 0 Å². The quantitative estimate of drug-likeness (QED) is 0.797. The van der Waals surface area contributed by atoms with E-state index in [1.165, 1.54) is 0 Å². The normalized spacial score (nSPS) is 11.7. The van der Waals surface area contributed by atoms with Crippen LogP contribution in [0.15, 0.2) is 15.9 Å². The maximum Gasteiger partial charge on any atom is 0.303 e. The van der Waals surface area contributed by atoms with Crippen molar-refractivity contribution in [2.75, 3.05) is 0 Å². The van der Waals surface area contributed by atoms with Gasteiger partial charge in [-0.1, -0.05) is 0 Å². The van der Waals surface area contributed by atoms with Crippen LogP contribution in [0.1, 0.15) is 30.6 Å². The fraction of sp³-hybridized carbons (Fsp3) is 0.500. The Hall–Kier alpha value is -0.490. The van der Waals surface area contributed by atoms with Gasteiger partial charge in [0.25, 0.3) is 5.92 Å². The summed E-state index contributed by atoms with van der Waals surface area (Å²) < 4.78 is 27.6. The molecular weight excluding hydrogens is 302 g/mol. The molecule has 90 valence electrons. The lowest BCUT2D eigenvalue weighted by molar-refractivity contribution is -0.137. The van der Waals surface area contributed by atoms with Gasteiger partial charge in [0.15, 0.2) is 0 Å². The molecule has 0 radical (unpaired) electrons. The second-order valence-corrected chi connectivity index (χ2v) is 5.17. The number of alkyl halides is 2. The van der Waals surface area contributed by atoms with E-state index in [0.29, 0.717) is 4.47 Å². The first-order valence-electron chi connectivity index (χ1n) is 4.76. The fourth-order valence-corrected chi connectivity index (χ4v) is 2.96. The van der Waals surface area contributed by atoms with Crippen LogP contribution in [0.2, 0.25) is 0 Å². The Kier molecular flexibility index (Phi) is 4.86. The Labute approximate surface area is 104 Å². The van der Waals surface area contributed by atoms with Gasteiger partial charge in [0.2, 0.25) is 0 Å². The van der Waals surface area contributed by atoms with Gasteiger partial charge in [-0.25, -0.2) is 8.78 Å². The van der Waals surface area contributed by atoms with Gasteiger partial charge in [-0.2, -0.15) is 0 Å². The highest BCUT2D eigenvalue weighted by atomic mass is 79.9. The Morgan fingerprint density at radius 2 is 2.19 bits per heavy atom. The van der Waals surface area contributed by atoms with Crippen molar-refractivity contribution >= 4 is 33.2 Å². The predicted molar refractivity (Wildman–Crippen MR) is 62.0 cm³/mol. The Bertz CT molecular complexity index is 365. The fourth-order valence-electron chi connectivity index (χ4n) is 1.29. The molecule has 0 bridgehead atoms. The van der Waals surface area contributed by atoms with Gasteiger partial charge < -0.3 is 5.11 Å². The third-order valence-electron chi connectivity index (χ3n) is 2.08. The lowest BCUT2D eigenvalue weighted by Gasteiger charge is -2.14. The summed E-state index contributed by atoms with van der Waals surface area (Å²) in [5, 5.41) is 9.98. The van der Waals surface area contributed by atoms with Gasteiger partial charge >= 0.3 is 5.97 Å². The number of carboxylic acid groups (broad SMARTS) is 1. The minimum absolute atomic E-state index is 0.0165. The van der Waals surface area contributed by atoms with Crippen molar-refractivity contribution < 1.29 is 18.7 Å². The van der Waals surface area contributed by atoms with E-state index in [4.69, 9.17) is 5.11 Å². The molecule has 0 spiro atoms. The van der Waals surface area contributed by atoms with E-state index in [1.807, 2.05) is 0 Å². The van der Waals surface area contributed by atoms with Crippen molar-refractivity contribution in [3.05, 3.63) is 20.8 Å². The number of halogens is 3. The molecule has 1 heterocycles. The number of aliphatic carboxylic acids is 1. The highest BCUT2D eigenvalue weighted by Gasteiger charge is 2.34. The average Bonchev–Trinajstić information content (AvgIpc) is 2.59. The minimum Gasteiger partial charge on any atom is -0.481 e. The lowest BCUT2D eigenvalue weighted by Crippen LogP contribution is -2.12. The largest absolute Gasteiger partial charge is 0.481 e. The van der Waals surface area contributed by atoms with E-state index in [-0.39, 0.29) is 30.6 Å². The van der Waals surface area contributed by atoms with Gasteiger partial charge in [0.05, 0.1) is 4.88 Å². The van der Waals surface area contributed by atoms with Gasteiger partial charge in [0.1, 0.15) is 0 Å². The molecule has 0 saturated carbocycles. The first-order valence-corrected chi connectivity index (χ1v) is 6.44. The van der Waals surface area contributed by atoms with Crippen LogP contribution in [0.4, 0.5) is 8.78 Å². The molecule has 6 heteroatoms. The molecule has 0 fully saturated rings. The molecule has 1 aromatic heterocycles. The van der Waals surface area contributed by atoms with E-state index in [2.05, 4.69) is 15.9 Å². The summed E-state index contributed by atoms with van der Waals surface area (Å²) in [5.74, 6) is -3.81. The summed E-state index contributed by atoms with van der Waals surface area (Å²) in [6.07, 6.45) is 0.138. The van der Waals surface area contributed by atoms with Crippen LogP contribution in [0.25, 0.3) is 0 Å². The maximum absolute atomic E-state index is 13.6. The number of rotatable bonds is 6. The number of hydrogen-bond donors (Lipinski definition) is 1. The van der Waals surface area contributed by atoms with Gasteiger partial charge in [-0.3, -0.25) is 4.79 Å². The number of hydrogen-bond acceptors (Lipinski definition) is 2. The Balaban J connectivity index is 2.46. The summed E-state index contributed by atoms with van der Waals surface area (Å²) in [4.78, 5) is 10.2. The molecule has 1 rings (SSSR count). The Morgan fingerprint density at radius 3 is 2.69 bits per heavy atom. The van der Waals surface area contributed by atoms with E-state index in [0.717, 1.165) is 11.3 Å². The topological polar surface area (TPSA) is 37.3 Å². The molecule has 0 unspecified atom stereocenters. The zero-order valence-corrected chi connectivity index (χ0v) is 10.8. The van der Waals surface area contributed by atoms with Crippen molar-refractivity contribution in [1.29, 1.82) is 0 Å². The number of carboxylic acids is 1. The maximum atomic E-state index is 13.6. The zero-order valence-electron chi connectivity index (χ0n) is 8.38. The molecule has 0 atom stereocenters. The first kappa shape index (κ1) is 13.6. The number of carbonyl (C=O) groups is 1. The van der Waals surface area contributed by atoms with Crippen molar-refractivity contribution in [1.82, 2.24) is 0 Å². The number of thiophene rings is 1. The van der Waals surface area contributed by atoms with Crippen molar-refractivity contribution in [3.8, 4) is 0 Å². The highest BCUT2D eigenvalue weighted by Crippen LogP contribution is 2.41. The molecule has 2 nitrogen and oxygen atoms in total. The molecule has 1 N–H and O–H groups in total. The zero-order chi connectivity index (χ0) is 12.2. The first-order chi connectivity index (χ1) is 7.43. The van der Waals surface area contributed by atoms with E-state index in [9.17, 15) is 13.6 Å². The SMILES string of the molecule is O=C(O)CCCCC(F)(F)c1sccc1Br.